The van der Waals surface area contributed by atoms with E-state index in [2.05, 4.69) is 17.4 Å². The highest BCUT2D eigenvalue weighted by molar-refractivity contribution is 5.43. The Labute approximate surface area is 108 Å². The third-order valence-corrected chi connectivity index (χ3v) is 2.91. The molecule has 18 heavy (non-hydrogen) atoms. The minimum absolute atomic E-state index is 0.648. The van der Waals surface area contributed by atoms with Gasteiger partial charge in [0.2, 0.25) is 0 Å². The summed E-state index contributed by atoms with van der Waals surface area (Å²) in [6, 6.07) is 6.20. The number of benzene rings is 1. The maximum absolute atomic E-state index is 5.57. The van der Waals surface area contributed by atoms with E-state index in [1.807, 2.05) is 6.07 Å². The number of fused-ring (bicyclic) bond motifs is 1. The maximum atomic E-state index is 5.57. The Kier molecular flexibility index (Phi) is 5.30. The van der Waals surface area contributed by atoms with E-state index < -0.39 is 0 Å². The van der Waals surface area contributed by atoms with Gasteiger partial charge in [0.05, 0.1) is 6.61 Å². The predicted octanol–water partition coefficient (Wildman–Crippen LogP) is 1.63. The fourth-order valence-electron chi connectivity index (χ4n) is 1.96. The zero-order valence-electron chi connectivity index (χ0n) is 10.9. The normalized spacial score (nSPS) is 13.6. The van der Waals surface area contributed by atoms with Crippen molar-refractivity contribution in [3.63, 3.8) is 0 Å². The molecule has 0 atom stereocenters. The summed E-state index contributed by atoms with van der Waals surface area (Å²) in [5.41, 5.74) is 1.30. The molecular formula is C14H21NO3. The summed E-state index contributed by atoms with van der Waals surface area (Å²) in [6.07, 6.45) is 2.17. The number of aryl methyl sites for hydroxylation is 1. The van der Waals surface area contributed by atoms with Crippen LogP contribution in [0.15, 0.2) is 18.2 Å². The molecule has 0 bridgehead atoms. The molecule has 0 radical (unpaired) electrons. The van der Waals surface area contributed by atoms with Crippen molar-refractivity contribution in [1.29, 1.82) is 0 Å². The number of ether oxygens (including phenoxy) is 3. The predicted molar refractivity (Wildman–Crippen MR) is 70.5 cm³/mol. The van der Waals surface area contributed by atoms with Crippen molar-refractivity contribution in [2.75, 3.05) is 40.0 Å². The van der Waals surface area contributed by atoms with Crippen LogP contribution in [0.1, 0.15) is 12.0 Å². The molecular weight excluding hydrogens is 230 g/mol. The Bertz CT molecular complexity index is 368. The Morgan fingerprint density at radius 3 is 2.83 bits per heavy atom. The Morgan fingerprint density at radius 2 is 2.00 bits per heavy atom. The molecule has 4 heteroatoms. The maximum Gasteiger partial charge on any atom is 0.161 e. The SMILES string of the molecule is COCCNCCCc1ccc2c(c1)OCCO2. The van der Waals surface area contributed by atoms with Crippen molar-refractivity contribution in [2.45, 2.75) is 12.8 Å². The lowest BCUT2D eigenvalue weighted by Gasteiger charge is -2.18. The van der Waals surface area contributed by atoms with Crippen LogP contribution < -0.4 is 14.8 Å². The van der Waals surface area contributed by atoms with Gasteiger partial charge in [0, 0.05) is 13.7 Å². The molecule has 1 aromatic rings. The summed E-state index contributed by atoms with van der Waals surface area (Å²) < 4.78 is 16.0. The molecule has 4 nitrogen and oxygen atoms in total. The molecule has 0 aliphatic carbocycles. The second-order valence-electron chi connectivity index (χ2n) is 4.32. The summed E-state index contributed by atoms with van der Waals surface area (Å²) in [6.45, 7) is 3.99. The lowest BCUT2D eigenvalue weighted by atomic mass is 10.1. The van der Waals surface area contributed by atoms with Gasteiger partial charge in [0.1, 0.15) is 13.2 Å². The molecule has 0 saturated carbocycles. The first-order valence-electron chi connectivity index (χ1n) is 6.48. The first-order chi connectivity index (χ1) is 8.90. The quantitative estimate of drug-likeness (QED) is 0.748. The molecule has 0 aromatic heterocycles. The van der Waals surface area contributed by atoms with E-state index in [9.17, 15) is 0 Å². The third-order valence-electron chi connectivity index (χ3n) is 2.91. The van der Waals surface area contributed by atoms with Gasteiger partial charge in [0.25, 0.3) is 0 Å². The first-order valence-corrected chi connectivity index (χ1v) is 6.48. The van der Waals surface area contributed by atoms with E-state index in [0.717, 1.165) is 44.0 Å². The molecule has 0 amide bonds. The number of rotatable bonds is 7. The van der Waals surface area contributed by atoms with Crippen LogP contribution in [0.2, 0.25) is 0 Å². The van der Waals surface area contributed by atoms with E-state index >= 15 is 0 Å². The summed E-state index contributed by atoms with van der Waals surface area (Å²) in [5, 5.41) is 3.34. The molecule has 1 aromatic carbocycles. The van der Waals surface area contributed by atoms with E-state index in [-0.39, 0.29) is 0 Å². The van der Waals surface area contributed by atoms with Crippen molar-refractivity contribution in [1.82, 2.24) is 5.32 Å². The zero-order valence-corrected chi connectivity index (χ0v) is 10.9. The van der Waals surface area contributed by atoms with Crippen LogP contribution in [0.4, 0.5) is 0 Å². The molecule has 0 fully saturated rings. The van der Waals surface area contributed by atoms with Gasteiger partial charge in [0.15, 0.2) is 11.5 Å². The lowest BCUT2D eigenvalue weighted by molar-refractivity contribution is 0.171. The number of hydrogen-bond acceptors (Lipinski definition) is 4. The molecule has 0 saturated heterocycles. The highest BCUT2D eigenvalue weighted by Crippen LogP contribution is 2.30. The van der Waals surface area contributed by atoms with Crippen LogP contribution in [0.25, 0.3) is 0 Å². The fourth-order valence-corrected chi connectivity index (χ4v) is 1.96. The average Bonchev–Trinajstić information content (AvgIpc) is 2.42. The number of hydrogen-bond donors (Lipinski definition) is 1. The first kappa shape index (κ1) is 13.2. The van der Waals surface area contributed by atoms with Gasteiger partial charge < -0.3 is 19.5 Å². The van der Waals surface area contributed by atoms with Gasteiger partial charge in [-0.15, -0.1) is 0 Å². The standard InChI is InChI=1S/C14H21NO3/c1-16-8-7-15-6-2-3-12-4-5-13-14(11-12)18-10-9-17-13/h4-5,11,15H,2-3,6-10H2,1H3. The highest BCUT2D eigenvalue weighted by Gasteiger charge is 2.11. The van der Waals surface area contributed by atoms with Crippen LogP contribution in [-0.2, 0) is 11.2 Å². The topological polar surface area (TPSA) is 39.7 Å². The number of methoxy groups -OCH3 is 1. The van der Waals surface area contributed by atoms with Gasteiger partial charge in [-0.2, -0.15) is 0 Å². The molecule has 0 unspecified atom stereocenters. The van der Waals surface area contributed by atoms with Crippen LogP contribution in [0, 0.1) is 0 Å². The molecule has 1 N–H and O–H groups in total. The van der Waals surface area contributed by atoms with Gasteiger partial charge >= 0.3 is 0 Å². The van der Waals surface area contributed by atoms with Crippen molar-refractivity contribution >= 4 is 0 Å². The fraction of sp³-hybridized carbons (Fsp3) is 0.571. The monoisotopic (exact) mass is 251 g/mol. The molecule has 1 heterocycles. The second kappa shape index (κ2) is 7.24. The summed E-state index contributed by atoms with van der Waals surface area (Å²) in [4.78, 5) is 0. The van der Waals surface area contributed by atoms with Crippen molar-refractivity contribution < 1.29 is 14.2 Å². The van der Waals surface area contributed by atoms with Gasteiger partial charge in [-0.3, -0.25) is 0 Å². The second-order valence-corrected chi connectivity index (χ2v) is 4.32. The molecule has 0 spiro atoms. The van der Waals surface area contributed by atoms with Crippen molar-refractivity contribution in [3.8, 4) is 11.5 Å². The van der Waals surface area contributed by atoms with Crippen LogP contribution >= 0.6 is 0 Å². The molecule has 2 rings (SSSR count). The van der Waals surface area contributed by atoms with Crippen LogP contribution in [0.3, 0.4) is 0 Å². The highest BCUT2D eigenvalue weighted by atomic mass is 16.6. The molecule has 100 valence electrons. The van der Waals surface area contributed by atoms with Gasteiger partial charge in [-0.25, -0.2) is 0 Å². The Morgan fingerprint density at radius 1 is 1.17 bits per heavy atom. The van der Waals surface area contributed by atoms with Crippen molar-refractivity contribution in [2.24, 2.45) is 0 Å². The number of nitrogens with one attached hydrogen (secondary N) is 1. The van der Waals surface area contributed by atoms with Gasteiger partial charge in [-0.1, -0.05) is 6.07 Å². The Hall–Kier alpha value is -1.26. The third kappa shape index (κ3) is 3.89. The minimum Gasteiger partial charge on any atom is -0.486 e. The van der Waals surface area contributed by atoms with Crippen LogP contribution in [0.5, 0.6) is 11.5 Å². The van der Waals surface area contributed by atoms with E-state index in [1.165, 1.54) is 5.56 Å². The smallest absolute Gasteiger partial charge is 0.161 e. The molecule has 1 aliphatic rings. The van der Waals surface area contributed by atoms with Gasteiger partial charge in [-0.05, 0) is 37.1 Å². The summed E-state index contributed by atoms with van der Waals surface area (Å²) in [5.74, 6) is 1.74. The average molecular weight is 251 g/mol. The summed E-state index contributed by atoms with van der Waals surface area (Å²) >= 11 is 0. The van der Waals surface area contributed by atoms with E-state index in [4.69, 9.17) is 14.2 Å². The van der Waals surface area contributed by atoms with Crippen molar-refractivity contribution in [3.05, 3.63) is 23.8 Å². The summed E-state index contributed by atoms with van der Waals surface area (Å²) in [7, 11) is 1.72. The molecule has 1 aliphatic heterocycles. The zero-order chi connectivity index (χ0) is 12.6. The van der Waals surface area contributed by atoms with E-state index in [0.29, 0.717) is 13.2 Å². The largest absolute Gasteiger partial charge is 0.486 e. The van der Waals surface area contributed by atoms with E-state index in [1.54, 1.807) is 7.11 Å². The Balaban J connectivity index is 1.72. The lowest BCUT2D eigenvalue weighted by Crippen LogP contribution is -2.20. The van der Waals surface area contributed by atoms with Crippen LogP contribution in [-0.4, -0.2) is 40.0 Å². The minimum atomic E-state index is 0.648.